The first-order chi connectivity index (χ1) is 8.97. The maximum absolute atomic E-state index is 12.1. The van der Waals surface area contributed by atoms with Gasteiger partial charge in [0.05, 0.1) is 6.54 Å². The van der Waals surface area contributed by atoms with Crippen LogP contribution in [0.1, 0.15) is 10.4 Å². The minimum Gasteiger partial charge on any atom is -0.368 e. The van der Waals surface area contributed by atoms with E-state index in [1.165, 1.54) is 4.90 Å². The summed E-state index contributed by atoms with van der Waals surface area (Å²) < 4.78 is 0.991. The van der Waals surface area contributed by atoms with Gasteiger partial charge in [-0.2, -0.15) is 0 Å². The highest BCUT2D eigenvalue weighted by atomic mass is 79.9. The Morgan fingerprint density at radius 3 is 2.47 bits per heavy atom. The van der Waals surface area contributed by atoms with Crippen LogP contribution in [0.3, 0.4) is 0 Å². The summed E-state index contributed by atoms with van der Waals surface area (Å²) in [6.45, 7) is -0.0861. The average Bonchev–Trinajstić information content (AvgIpc) is 2.36. The first kappa shape index (κ1) is 13.5. The molecule has 98 valence electrons. The number of fused-ring (bicyclic) bond motifs is 1. The van der Waals surface area contributed by atoms with E-state index >= 15 is 0 Å². The Hall–Kier alpha value is -1.88. The van der Waals surface area contributed by atoms with E-state index in [-0.39, 0.29) is 12.5 Å². The predicted molar refractivity (Wildman–Crippen MR) is 77.8 cm³/mol. The first-order valence-corrected chi connectivity index (χ1v) is 6.50. The maximum Gasteiger partial charge on any atom is 0.254 e. The van der Waals surface area contributed by atoms with Crippen LogP contribution >= 0.6 is 15.9 Å². The van der Waals surface area contributed by atoms with E-state index in [4.69, 9.17) is 5.73 Å². The van der Waals surface area contributed by atoms with Gasteiger partial charge in [0, 0.05) is 17.1 Å². The first-order valence-electron chi connectivity index (χ1n) is 5.70. The lowest BCUT2D eigenvalue weighted by Gasteiger charge is -2.15. The molecule has 2 N–H and O–H groups in total. The minimum absolute atomic E-state index is 0.0861. The summed E-state index contributed by atoms with van der Waals surface area (Å²) in [6.07, 6.45) is 0. The van der Waals surface area contributed by atoms with Crippen LogP contribution in [-0.4, -0.2) is 30.3 Å². The Kier molecular flexibility index (Phi) is 3.85. The molecule has 0 saturated carbocycles. The molecule has 0 aliphatic heterocycles. The van der Waals surface area contributed by atoms with Crippen LogP contribution in [0.15, 0.2) is 40.9 Å². The van der Waals surface area contributed by atoms with Crippen molar-refractivity contribution in [2.75, 3.05) is 13.6 Å². The molecule has 0 aliphatic carbocycles. The van der Waals surface area contributed by atoms with Crippen molar-refractivity contribution >= 4 is 38.5 Å². The van der Waals surface area contributed by atoms with E-state index in [2.05, 4.69) is 15.9 Å². The normalized spacial score (nSPS) is 10.4. The molecule has 2 aromatic carbocycles. The third kappa shape index (κ3) is 3.12. The fourth-order valence-corrected chi connectivity index (χ4v) is 2.25. The molecular formula is C14H13BrN2O2. The van der Waals surface area contributed by atoms with Crippen LogP contribution in [0.5, 0.6) is 0 Å². The molecule has 0 atom stereocenters. The number of hydrogen-bond acceptors (Lipinski definition) is 2. The lowest BCUT2D eigenvalue weighted by atomic mass is 10.1. The highest BCUT2D eigenvalue weighted by Gasteiger charge is 2.13. The smallest absolute Gasteiger partial charge is 0.254 e. The monoisotopic (exact) mass is 320 g/mol. The Morgan fingerprint density at radius 1 is 1.16 bits per heavy atom. The molecule has 19 heavy (non-hydrogen) atoms. The van der Waals surface area contributed by atoms with Gasteiger partial charge in [-0.05, 0) is 35.0 Å². The van der Waals surface area contributed by atoms with E-state index in [1.807, 2.05) is 30.3 Å². The lowest BCUT2D eigenvalue weighted by Crippen LogP contribution is -2.35. The van der Waals surface area contributed by atoms with Crippen LogP contribution < -0.4 is 5.73 Å². The molecule has 0 unspecified atom stereocenters. The predicted octanol–water partition coefficient (Wildman–Crippen LogP) is 2.16. The number of benzene rings is 2. The number of carbonyl (C=O) groups excluding carboxylic acids is 2. The molecule has 0 radical (unpaired) electrons. The molecule has 0 aliphatic rings. The number of amides is 2. The van der Waals surface area contributed by atoms with Crippen molar-refractivity contribution in [3.05, 3.63) is 46.4 Å². The molecule has 0 bridgehead atoms. The third-order valence-electron chi connectivity index (χ3n) is 2.79. The van der Waals surface area contributed by atoms with E-state index in [0.717, 1.165) is 15.2 Å². The minimum atomic E-state index is -0.527. The number of nitrogens with two attached hydrogens (primary N) is 1. The zero-order valence-corrected chi connectivity index (χ0v) is 12.0. The zero-order chi connectivity index (χ0) is 14.0. The molecule has 0 spiro atoms. The highest BCUT2D eigenvalue weighted by molar-refractivity contribution is 9.10. The van der Waals surface area contributed by atoms with Crippen molar-refractivity contribution in [2.45, 2.75) is 0 Å². The summed E-state index contributed by atoms with van der Waals surface area (Å²) in [5.41, 5.74) is 5.62. The van der Waals surface area contributed by atoms with Gasteiger partial charge < -0.3 is 10.6 Å². The van der Waals surface area contributed by atoms with Crippen molar-refractivity contribution < 1.29 is 9.59 Å². The summed E-state index contributed by atoms with van der Waals surface area (Å²) in [4.78, 5) is 24.2. The van der Waals surface area contributed by atoms with Gasteiger partial charge in [-0.3, -0.25) is 9.59 Å². The fourth-order valence-electron chi connectivity index (χ4n) is 1.88. The summed E-state index contributed by atoms with van der Waals surface area (Å²) in [7, 11) is 1.55. The lowest BCUT2D eigenvalue weighted by molar-refractivity contribution is -0.118. The van der Waals surface area contributed by atoms with Crippen LogP contribution in [0.4, 0.5) is 0 Å². The molecule has 5 heteroatoms. The quantitative estimate of drug-likeness (QED) is 0.941. The number of halogens is 1. The largest absolute Gasteiger partial charge is 0.368 e. The van der Waals surface area contributed by atoms with Gasteiger partial charge in [-0.1, -0.05) is 28.1 Å². The Labute approximate surface area is 119 Å². The molecule has 2 aromatic rings. The Morgan fingerprint density at radius 2 is 1.79 bits per heavy atom. The molecule has 0 saturated heterocycles. The van der Waals surface area contributed by atoms with Gasteiger partial charge in [0.1, 0.15) is 0 Å². The topological polar surface area (TPSA) is 63.4 Å². The van der Waals surface area contributed by atoms with Crippen LogP contribution in [0, 0.1) is 0 Å². The summed E-state index contributed by atoms with van der Waals surface area (Å²) >= 11 is 3.40. The molecule has 0 heterocycles. The van der Waals surface area contributed by atoms with E-state index < -0.39 is 5.91 Å². The Balaban J connectivity index is 2.33. The second kappa shape index (κ2) is 5.40. The van der Waals surface area contributed by atoms with Crippen LogP contribution in [-0.2, 0) is 4.79 Å². The number of primary amides is 1. The maximum atomic E-state index is 12.1. The fraction of sp³-hybridized carbons (Fsp3) is 0.143. The number of nitrogens with zero attached hydrogens (tertiary/aromatic N) is 1. The van der Waals surface area contributed by atoms with Gasteiger partial charge in [-0.15, -0.1) is 0 Å². The number of hydrogen-bond donors (Lipinski definition) is 1. The number of rotatable bonds is 3. The SMILES string of the molecule is CN(CC(N)=O)C(=O)c1ccc2cc(Br)ccc2c1. The van der Waals surface area contributed by atoms with Gasteiger partial charge in [0.25, 0.3) is 5.91 Å². The van der Waals surface area contributed by atoms with Gasteiger partial charge in [0.15, 0.2) is 0 Å². The van der Waals surface area contributed by atoms with Crippen molar-refractivity contribution in [3.63, 3.8) is 0 Å². The standard InChI is InChI=1S/C14H13BrN2O2/c1-17(8-13(16)18)14(19)11-3-2-10-7-12(15)5-4-9(10)6-11/h2-7H,8H2,1H3,(H2,16,18). The zero-order valence-electron chi connectivity index (χ0n) is 10.4. The van der Waals surface area contributed by atoms with Gasteiger partial charge >= 0.3 is 0 Å². The molecular weight excluding hydrogens is 308 g/mol. The molecule has 2 amide bonds. The van der Waals surface area contributed by atoms with Crippen LogP contribution in [0.2, 0.25) is 0 Å². The number of carbonyl (C=O) groups is 2. The van der Waals surface area contributed by atoms with Crippen molar-refractivity contribution in [2.24, 2.45) is 5.73 Å². The third-order valence-corrected chi connectivity index (χ3v) is 3.28. The van der Waals surface area contributed by atoms with E-state index in [0.29, 0.717) is 5.56 Å². The van der Waals surface area contributed by atoms with Crippen LogP contribution in [0.25, 0.3) is 10.8 Å². The van der Waals surface area contributed by atoms with E-state index in [9.17, 15) is 9.59 Å². The molecule has 4 nitrogen and oxygen atoms in total. The number of likely N-dealkylation sites (N-methyl/N-ethyl adjacent to an activating group) is 1. The van der Waals surface area contributed by atoms with Crippen molar-refractivity contribution in [1.82, 2.24) is 4.90 Å². The summed E-state index contributed by atoms with van der Waals surface area (Å²) in [5.74, 6) is -0.746. The molecule has 2 rings (SSSR count). The highest BCUT2D eigenvalue weighted by Crippen LogP contribution is 2.21. The summed E-state index contributed by atoms with van der Waals surface area (Å²) in [5, 5.41) is 2.02. The van der Waals surface area contributed by atoms with Crippen molar-refractivity contribution in [1.29, 1.82) is 0 Å². The van der Waals surface area contributed by atoms with E-state index in [1.54, 1.807) is 13.1 Å². The Bertz CT molecular complexity index is 655. The molecule has 0 aromatic heterocycles. The van der Waals surface area contributed by atoms with Crippen molar-refractivity contribution in [3.8, 4) is 0 Å². The average molecular weight is 321 g/mol. The second-order valence-electron chi connectivity index (χ2n) is 4.33. The van der Waals surface area contributed by atoms with Gasteiger partial charge in [0.2, 0.25) is 5.91 Å². The summed E-state index contributed by atoms with van der Waals surface area (Å²) in [6, 6.07) is 11.3. The second-order valence-corrected chi connectivity index (χ2v) is 5.25. The van der Waals surface area contributed by atoms with Gasteiger partial charge in [-0.25, -0.2) is 0 Å². The molecule has 0 fully saturated rings.